The summed E-state index contributed by atoms with van der Waals surface area (Å²) in [5.41, 5.74) is 9.21. The molecule has 3 nitrogen and oxygen atoms in total. The maximum atomic E-state index is 13.1. The van der Waals surface area contributed by atoms with E-state index in [-0.39, 0.29) is 5.82 Å². The van der Waals surface area contributed by atoms with Gasteiger partial charge in [0.05, 0.1) is 11.9 Å². The smallest absolute Gasteiger partial charge is 0.126 e. The summed E-state index contributed by atoms with van der Waals surface area (Å²) in [7, 11) is 0. The molecule has 0 aliphatic heterocycles. The number of halogens is 1. The number of nitrogen functional groups attached to an aromatic ring is 1. The lowest BCUT2D eigenvalue weighted by atomic mass is 10.1. The molecular weight excluding hydrogens is 241 g/mol. The van der Waals surface area contributed by atoms with Crippen molar-refractivity contribution in [1.82, 2.24) is 4.98 Å². The van der Waals surface area contributed by atoms with Crippen LogP contribution in [0.4, 0.5) is 15.9 Å². The van der Waals surface area contributed by atoms with Crippen molar-refractivity contribution in [2.24, 2.45) is 0 Å². The van der Waals surface area contributed by atoms with Crippen LogP contribution in [0.3, 0.4) is 0 Å². The van der Waals surface area contributed by atoms with E-state index in [1.807, 2.05) is 25.1 Å². The summed E-state index contributed by atoms with van der Waals surface area (Å²) >= 11 is 0. The van der Waals surface area contributed by atoms with E-state index in [2.05, 4.69) is 10.3 Å². The standard InChI is InChI=1S/C15H18FN3/c1-10-7-12(3-4-13(10)16)5-6-18-15-8-11(2)14(17)9-19-15/h3-4,7-9H,5-6,17H2,1-2H3,(H,18,19). The van der Waals surface area contributed by atoms with Crippen LogP contribution in [0, 0.1) is 19.7 Å². The maximum absolute atomic E-state index is 13.1. The van der Waals surface area contributed by atoms with Gasteiger partial charge in [-0.2, -0.15) is 0 Å². The van der Waals surface area contributed by atoms with E-state index in [9.17, 15) is 4.39 Å². The minimum atomic E-state index is -0.160. The Labute approximate surface area is 112 Å². The quantitative estimate of drug-likeness (QED) is 0.887. The first-order chi connectivity index (χ1) is 9.06. The van der Waals surface area contributed by atoms with Gasteiger partial charge in [-0.1, -0.05) is 12.1 Å². The lowest BCUT2D eigenvalue weighted by Crippen LogP contribution is -2.07. The molecule has 0 radical (unpaired) electrons. The highest BCUT2D eigenvalue weighted by Gasteiger charge is 2.01. The number of anilines is 2. The van der Waals surface area contributed by atoms with Gasteiger partial charge in [0.2, 0.25) is 0 Å². The zero-order valence-electron chi connectivity index (χ0n) is 11.2. The van der Waals surface area contributed by atoms with Gasteiger partial charge in [0.1, 0.15) is 11.6 Å². The Morgan fingerprint density at radius 3 is 2.68 bits per heavy atom. The second kappa shape index (κ2) is 5.69. The molecule has 4 heteroatoms. The molecule has 0 spiro atoms. The Kier molecular flexibility index (Phi) is 4.00. The molecule has 100 valence electrons. The van der Waals surface area contributed by atoms with Crippen LogP contribution in [0.15, 0.2) is 30.5 Å². The predicted octanol–water partition coefficient (Wildman–Crippen LogP) is 3.07. The number of nitrogens with zero attached hydrogens (tertiary/aromatic N) is 1. The van der Waals surface area contributed by atoms with Crippen molar-refractivity contribution in [3.8, 4) is 0 Å². The zero-order valence-corrected chi connectivity index (χ0v) is 11.2. The lowest BCUT2D eigenvalue weighted by Gasteiger charge is -2.08. The number of rotatable bonds is 4. The largest absolute Gasteiger partial charge is 0.397 e. The summed E-state index contributed by atoms with van der Waals surface area (Å²) in [6.45, 7) is 4.48. The maximum Gasteiger partial charge on any atom is 0.126 e. The summed E-state index contributed by atoms with van der Waals surface area (Å²) in [6.07, 6.45) is 2.48. The van der Waals surface area contributed by atoms with Gasteiger partial charge in [-0.05, 0) is 49.1 Å². The molecule has 0 amide bonds. The van der Waals surface area contributed by atoms with Crippen LogP contribution in [0.2, 0.25) is 0 Å². The van der Waals surface area contributed by atoms with Crippen LogP contribution in [-0.2, 0) is 6.42 Å². The topological polar surface area (TPSA) is 50.9 Å². The Hall–Kier alpha value is -2.10. The number of benzene rings is 1. The van der Waals surface area contributed by atoms with E-state index in [4.69, 9.17) is 5.73 Å². The second-order valence-corrected chi connectivity index (χ2v) is 4.69. The van der Waals surface area contributed by atoms with Crippen molar-refractivity contribution in [2.75, 3.05) is 17.6 Å². The minimum absolute atomic E-state index is 0.160. The van der Waals surface area contributed by atoms with Gasteiger partial charge in [-0.25, -0.2) is 9.37 Å². The highest BCUT2D eigenvalue weighted by molar-refractivity contribution is 5.50. The fourth-order valence-electron chi connectivity index (χ4n) is 1.86. The fraction of sp³-hybridized carbons (Fsp3) is 0.267. The van der Waals surface area contributed by atoms with E-state index in [0.717, 1.165) is 29.9 Å². The van der Waals surface area contributed by atoms with Crippen molar-refractivity contribution in [3.63, 3.8) is 0 Å². The third-order valence-corrected chi connectivity index (χ3v) is 3.09. The van der Waals surface area contributed by atoms with Crippen LogP contribution in [0.5, 0.6) is 0 Å². The average Bonchev–Trinajstić information content (AvgIpc) is 2.38. The Bertz CT molecular complexity index is 530. The van der Waals surface area contributed by atoms with Crippen molar-refractivity contribution >= 4 is 11.5 Å². The van der Waals surface area contributed by atoms with Gasteiger partial charge in [-0.15, -0.1) is 0 Å². The van der Waals surface area contributed by atoms with Gasteiger partial charge >= 0.3 is 0 Å². The number of hydrogen-bond donors (Lipinski definition) is 2. The first kappa shape index (κ1) is 13.3. The Morgan fingerprint density at radius 2 is 2.00 bits per heavy atom. The summed E-state index contributed by atoms with van der Waals surface area (Å²) in [5, 5.41) is 3.23. The van der Waals surface area contributed by atoms with Gasteiger partial charge in [0, 0.05) is 6.54 Å². The monoisotopic (exact) mass is 259 g/mol. The van der Waals surface area contributed by atoms with Crippen molar-refractivity contribution in [2.45, 2.75) is 20.3 Å². The van der Waals surface area contributed by atoms with Gasteiger partial charge in [0.25, 0.3) is 0 Å². The van der Waals surface area contributed by atoms with Crippen LogP contribution >= 0.6 is 0 Å². The average molecular weight is 259 g/mol. The molecule has 3 N–H and O–H groups in total. The molecule has 0 atom stereocenters. The molecule has 1 aromatic carbocycles. The molecule has 0 saturated carbocycles. The summed E-state index contributed by atoms with van der Waals surface area (Å²) in [6, 6.07) is 7.12. The highest BCUT2D eigenvalue weighted by atomic mass is 19.1. The van der Waals surface area contributed by atoms with E-state index in [1.54, 1.807) is 13.1 Å². The zero-order chi connectivity index (χ0) is 13.8. The third-order valence-electron chi connectivity index (χ3n) is 3.09. The molecule has 2 aromatic rings. The molecule has 0 fully saturated rings. The molecule has 0 bridgehead atoms. The van der Waals surface area contributed by atoms with E-state index < -0.39 is 0 Å². The second-order valence-electron chi connectivity index (χ2n) is 4.69. The van der Waals surface area contributed by atoms with Crippen LogP contribution in [0.25, 0.3) is 0 Å². The molecule has 0 saturated heterocycles. The molecule has 1 aromatic heterocycles. The summed E-state index contributed by atoms with van der Waals surface area (Å²) < 4.78 is 13.1. The Balaban J connectivity index is 1.92. The molecule has 0 unspecified atom stereocenters. The molecule has 2 rings (SSSR count). The van der Waals surface area contributed by atoms with Crippen molar-refractivity contribution < 1.29 is 4.39 Å². The first-order valence-corrected chi connectivity index (χ1v) is 6.27. The van der Waals surface area contributed by atoms with Crippen LogP contribution < -0.4 is 11.1 Å². The van der Waals surface area contributed by atoms with E-state index in [0.29, 0.717) is 11.3 Å². The number of hydrogen-bond acceptors (Lipinski definition) is 3. The van der Waals surface area contributed by atoms with E-state index in [1.165, 1.54) is 6.07 Å². The van der Waals surface area contributed by atoms with Crippen LogP contribution in [0.1, 0.15) is 16.7 Å². The van der Waals surface area contributed by atoms with E-state index >= 15 is 0 Å². The normalized spacial score (nSPS) is 10.5. The van der Waals surface area contributed by atoms with Crippen LogP contribution in [-0.4, -0.2) is 11.5 Å². The summed E-state index contributed by atoms with van der Waals surface area (Å²) in [4.78, 5) is 4.21. The number of aryl methyl sites for hydroxylation is 2. The number of nitrogens with two attached hydrogens (primary N) is 1. The number of nitrogens with one attached hydrogen (secondary N) is 1. The minimum Gasteiger partial charge on any atom is -0.397 e. The molecule has 0 aliphatic rings. The third kappa shape index (κ3) is 3.44. The fourth-order valence-corrected chi connectivity index (χ4v) is 1.86. The first-order valence-electron chi connectivity index (χ1n) is 6.27. The Morgan fingerprint density at radius 1 is 1.21 bits per heavy atom. The van der Waals surface area contributed by atoms with Gasteiger partial charge < -0.3 is 11.1 Å². The van der Waals surface area contributed by atoms with Gasteiger partial charge in [0.15, 0.2) is 0 Å². The van der Waals surface area contributed by atoms with Crippen molar-refractivity contribution in [1.29, 1.82) is 0 Å². The lowest BCUT2D eigenvalue weighted by molar-refractivity contribution is 0.617. The molecule has 0 aliphatic carbocycles. The highest BCUT2D eigenvalue weighted by Crippen LogP contribution is 2.14. The molecular formula is C15H18FN3. The molecule has 19 heavy (non-hydrogen) atoms. The summed E-state index contributed by atoms with van der Waals surface area (Å²) in [5.74, 6) is 0.651. The molecule has 1 heterocycles. The number of pyridine rings is 1. The SMILES string of the molecule is Cc1cc(NCCc2ccc(F)c(C)c2)ncc1N. The van der Waals surface area contributed by atoms with Crippen molar-refractivity contribution in [3.05, 3.63) is 53.0 Å². The van der Waals surface area contributed by atoms with Gasteiger partial charge in [-0.3, -0.25) is 0 Å². The predicted molar refractivity (Wildman–Crippen MR) is 76.7 cm³/mol. The number of aromatic nitrogens is 1.